The Bertz CT molecular complexity index is 864. The lowest BCUT2D eigenvalue weighted by molar-refractivity contribution is -0.672. The Morgan fingerprint density at radius 3 is 1.62 bits per heavy atom. The molecule has 4 heteroatoms. The quantitative estimate of drug-likeness (QED) is 0.0533. The average Bonchev–Trinajstić information content (AvgIpc) is 2.93. The van der Waals surface area contributed by atoms with E-state index in [9.17, 15) is 4.79 Å². The maximum absolute atomic E-state index is 12.6. The Hall–Kier alpha value is -1.42. The molecule has 0 amide bonds. The van der Waals surface area contributed by atoms with Gasteiger partial charge in [0.25, 0.3) is 5.52 Å². The number of nitrogens with zero attached hydrogens (tertiary/aromatic N) is 1. The lowest BCUT2D eigenvalue weighted by atomic mass is 10.0. The summed E-state index contributed by atoms with van der Waals surface area (Å²) in [6, 6.07) is 10.3. The van der Waals surface area contributed by atoms with Crippen molar-refractivity contribution in [1.82, 2.24) is 0 Å². The van der Waals surface area contributed by atoms with E-state index in [-0.39, 0.29) is 23.0 Å². The number of aromatic nitrogens is 1. The number of ether oxygens (including phenoxy) is 1. The molecule has 0 saturated carbocycles. The maximum Gasteiger partial charge on any atom is 0.311 e. The molecule has 39 heavy (non-hydrogen) atoms. The molecule has 0 aliphatic rings. The number of esters is 1. The number of benzene rings is 1. The van der Waals surface area contributed by atoms with E-state index in [0.717, 1.165) is 30.3 Å². The number of carbonyl (C=O) groups excluding carboxylic acids is 1. The normalized spacial score (nSPS) is 11.0. The lowest BCUT2D eigenvalue weighted by Gasteiger charge is -2.08. The van der Waals surface area contributed by atoms with Crippen LogP contribution in [0.4, 0.5) is 0 Å². The third-order valence-electron chi connectivity index (χ3n) is 7.82. The molecule has 1 aromatic heterocycles. The molecule has 0 atom stereocenters. The minimum Gasteiger partial charge on any atom is -1.00 e. The molecular formula is C35H58BrNO2. The highest BCUT2D eigenvalue weighted by Crippen LogP contribution is 2.23. The fourth-order valence-corrected chi connectivity index (χ4v) is 5.45. The van der Waals surface area contributed by atoms with E-state index in [0.29, 0.717) is 12.2 Å². The highest BCUT2D eigenvalue weighted by Gasteiger charge is 2.17. The fourth-order valence-electron chi connectivity index (χ4n) is 5.45. The summed E-state index contributed by atoms with van der Waals surface area (Å²) in [5, 5.41) is 1.14. The van der Waals surface area contributed by atoms with Crippen molar-refractivity contribution in [3.05, 3.63) is 36.5 Å². The van der Waals surface area contributed by atoms with Crippen LogP contribution in [0.1, 0.15) is 155 Å². The summed E-state index contributed by atoms with van der Waals surface area (Å²) >= 11 is 0. The standard InChI is InChI=1S/C35H58NO2.BrH/c1-3-5-7-9-11-13-14-15-16-17-18-20-22-29-34(37)38-33-28-24-26-32-27-25-31-36(35(32)33)30-23-21-19-12-10-8-6-4-2;/h24-28,31H,3-23,29-30H2,1-2H3;1H/q+1;/p-1. The molecule has 0 N–H and O–H groups in total. The lowest BCUT2D eigenvalue weighted by Crippen LogP contribution is -3.00. The summed E-state index contributed by atoms with van der Waals surface area (Å²) in [6.45, 7) is 5.52. The molecule has 222 valence electrons. The number of fused-ring (bicyclic) bond motifs is 1. The molecule has 2 rings (SSSR count). The zero-order chi connectivity index (χ0) is 27.1. The second-order valence-corrected chi connectivity index (χ2v) is 11.3. The van der Waals surface area contributed by atoms with Crippen LogP contribution in [0, 0.1) is 0 Å². The monoisotopic (exact) mass is 603 g/mol. The number of pyridine rings is 1. The number of hydrogen-bond donors (Lipinski definition) is 0. The summed E-state index contributed by atoms with van der Waals surface area (Å²) in [6.07, 6.45) is 30.2. The number of hydrogen-bond acceptors (Lipinski definition) is 2. The van der Waals surface area contributed by atoms with E-state index in [4.69, 9.17) is 4.74 Å². The van der Waals surface area contributed by atoms with E-state index >= 15 is 0 Å². The SMILES string of the molecule is CCCCCCCCCCCCCCCC(=O)Oc1cccc2ccc[n+](CCCCCCCCCC)c12.[Br-]. The zero-order valence-corrected chi connectivity index (χ0v) is 27.0. The van der Waals surface area contributed by atoms with Crippen LogP contribution in [0.3, 0.4) is 0 Å². The van der Waals surface area contributed by atoms with Crippen molar-refractivity contribution >= 4 is 16.9 Å². The van der Waals surface area contributed by atoms with Gasteiger partial charge in [0.1, 0.15) is 6.54 Å². The van der Waals surface area contributed by atoms with Crippen molar-refractivity contribution in [1.29, 1.82) is 0 Å². The summed E-state index contributed by atoms with van der Waals surface area (Å²) in [7, 11) is 0. The number of aryl methyl sites for hydroxylation is 1. The molecule has 3 nitrogen and oxygen atoms in total. The van der Waals surface area contributed by atoms with Gasteiger partial charge in [-0.15, -0.1) is 0 Å². The van der Waals surface area contributed by atoms with Crippen molar-refractivity contribution in [2.24, 2.45) is 0 Å². The van der Waals surface area contributed by atoms with Crippen molar-refractivity contribution < 1.29 is 31.1 Å². The Kier molecular flexibility index (Phi) is 22.3. The molecule has 0 saturated heterocycles. The molecule has 0 unspecified atom stereocenters. The molecular weight excluding hydrogens is 546 g/mol. The van der Waals surface area contributed by atoms with Gasteiger partial charge in [0.15, 0.2) is 6.20 Å². The number of rotatable bonds is 24. The summed E-state index contributed by atoms with van der Waals surface area (Å²) in [5.74, 6) is 0.616. The van der Waals surface area contributed by atoms with E-state index in [1.807, 2.05) is 12.1 Å². The summed E-state index contributed by atoms with van der Waals surface area (Å²) in [5.41, 5.74) is 1.05. The minimum absolute atomic E-state index is 0. The second-order valence-electron chi connectivity index (χ2n) is 11.3. The minimum atomic E-state index is -0.0944. The first-order valence-electron chi connectivity index (χ1n) is 16.4. The Morgan fingerprint density at radius 2 is 1.08 bits per heavy atom. The van der Waals surface area contributed by atoms with E-state index in [2.05, 4.69) is 42.8 Å². The molecule has 1 heterocycles. The fraction of sp³-hybridized carbons (Fsp3) is 0.714. The van der Waals surface area contributed by atoms with E-state index in [1.54, 1.807) is 0 Å². The van der Waals surface area contributed by atoms with Crippen LogP contribution in [0.25, 0.3) is 10.9 Å². The Balaban J connectivity index is 0.00000760. The van der Waals surface area contributed by atoms with Gasteiger partial charge in [0.2, 0.25) is 5.75 Å². The third-order valence-corrected chi connectivity index (χ3v) is 7.82. The zero-order valence-electron chi connectivity index (χ0n) is 25.4. The maximum atomic E-state index is 12.6. The van der Waals surface area contributed by atoms with Gasteiger partial charge in [-0.25, -0.2) is 0 Å². The van der Waals surface area contributed by atoms with Crippen LogP contribution in [0.5, 0.6) is 5.75 Å². The molecule has 0 fully saturated rings. The van der Waals surface area contributed by atoms with Gasteiger partial charge in [-0.05, 0) is 31.0 Å². The largest absolute Gasteiger partial charge is 1.00 e. The van der Waals surface area contributed by atoms with E-state index in [1.165, 1.54) is 122 Å². The molecule has 0 radical (unpaired) electrons. The van der Waals surface area contributed by atoms with Gasteiger partial charge in [-0.1, -0.05) is 135 Å². The highest BCUT2D eigenvalue weighted by atomic mass is 79.9. The number of carbonyl (C=O) groups is 1. The summed E-state index contributed by atoms with van der Waals surface area (Å²) < 4.78 is 8.18. The molecule has 0 aliphatic carbocycles. The van der Waals surface area contributed by atoms with Gasteiger partial charge >= 0.3 is 5.97 Å². The van der Waals surface area contributed by atoms with Crippen LogP contribution in [-0.4, -0.2) is 5.97 Å². The predicted octanol–water partition coefficient (Wildman–Crippen LogP) is 7.66. The third kappa shape index (κ3) is 16.4. The van der Waals surface area contributed by atoms with Gasteiger partial charge < -0.3 is 21.7 Å². The van der Waals surface area contributed by atoms with Crippen molar-refractivity contribution in [3.8, 4) is 5.75 Å². The molecule has 2 aromatic rings. The Morgan fingerprint density at radius 1 is 0.615 bits per heavy atom. The first-order valence-corrected chi connectivity index (χ1v) is 16.4. The van der Waals surface area contributed by atoms with Gasteiger partial charge in [-0.2, -0.15) is 4.57 Å². The van der Waals surface area contributed by atoms with Crippen LogP contribution in [-0.2, 0) is 11.3 Å². The first kappa shape index (κ1) is 35.6. The van der Waals surface area contributed by atoms with Gasteiger partial charge in [-0.3, -0.25) is 4.79 Å². The van der Waals surface area contributed by atoms with Gasteiger partial charge in [0.05, 0.1) is 5.39 Å². The van der Waals surface area contributed by atoms with Crippen molar-refractivity contribution in [2.45, 2.75) is 162 Å². The first-order chi connectivity index (χ1) is 18.8. The topological polar surface area (TPSA) is 30.2 Å². The predicted molar refractivity (Wildman–Crippen MR) is 163 cm³/mol. The van der Waals surface area contributed by atoms with Crippen molar-refractivity contribution in [3.63, 3.8) is 0 Å². The average molecular weight is 605 g/mol. The molecule has 0 bridgehead atoms. The van der Waals surface area contributed by atoms with Crippen LogP contribution < -0.4 is 26.3 Å². The van der Waals surface area contributed by atoms with Crippen LogP contribution in [0.2, 0.25) is 0 Å². The number of para-hydroxylation sites is 1. The van der Waals surface area contributed by atoms with Crippen LogP contribution >= 0.6 is 0 Å². The smallest absolute Gasteiger partial charge is 0.311 e. The summed E-state index contributed by atoms with van der Waals surface area (Å²) in [4.78, 5) is 12.6. The number of unbranched alkanes of at least 4 members (excludes halogenated alkanes) is 19. The van der Waals surface area contributed by atoms with E-state index < -0.39 is 0 Å². The second kappa shape index (κ2) is 24.4. The molecule has 0 spiro atoms. The number of halogens is 1. The Labute approximate surface area is 251 Å². The molecule has 1 aromatic carbocycles. The van der Waals surface area contributed by atoms with Crippen molar-refractivity contribution in [2.75, 3.05) is 0 Å². The molecule has 0 aliphatic heterocycles. The highest BCUT2D eigenvalue weighted by molar-refractivity contribution is 5.84. The van der Waals surface area contributed by atoms with Crippen LogP contribution in [0.15, 0.2) is 36.5 Å². The van der Waals surface area contributed by atoms with Gasteiger partial charge in [0, 0.05) is 18.9 Å².